The number of piperazine rings is 2. The van der Waals surface area contributed by atoms with Gasteiger partial charge in [-0.1, -0.05) is 48.5 Å². The first kappa shape index (κ1) is 20.9. The molecule has 0 aliphatic carbocycles. The summed E-state index contributed by atoms with van der Waals surface area (Å²) >= 11 is 0. The number of rotatable bonds is 5. The van der Waals surface area contributed by atoms with Crippen LogP contribution in [0.1, 0.15) is 24.1 Å². The van der Waals surface area contributed by atoms with Crippen molar-refractivity contribution in [2.45, 2.75) is 19.9 Å². The highest BCUT2D eigenvalue weighted by Gasteiger charge is 2.27. The Morgan fingerprint density at radius 3 is 2.13 bits per heavy atom. The normalized spacial score (nSPS) is 19.7. The van der Waals surface area contributed by atoms with Gasteiger partial charge in [0.15, 0.2) is 0 Å². The van der Waals surface area contributed by atoms with Gasteiger partial charge in [-0.15, -0.1) is 0 Å². The van der Waals surface area contributed by atoms with E-state index in [2.05, 4.69) is 88.0 Å². The third-order valence-electron chi connectivity index (χ3n) is 6.68. The predicted molar refractivity (Wildman–Crippen MR) is 123 cm³/mol. The molecular weight excluding hydrogens is 372 g/mol. The van der Waals surface area contributed by atoms with Crippen molar-refractivity contribution in [3.63, 3.8) is 0 Å². The first-order chi connectivity index (χ1) is 14.6. The second-order valence-corrected chi connectivity index (χ2v) is 8.55. The fourth-order valence-electron chi connectivity index (χ4n) is 4.66. The van der Waals surface area contributed by atoms with Gasteiger partial charge < -0.3 is 9.80 Å². The van der Waals surface area contributed by atoms with Crippen LogP contribution in [0.25, 0.3) is 0 Å². The van der Waals surface area contributed by atoms with Crippen LogP contribution in [0.15, 0.2) is 54.6 Å². The van der Waals surface area contributed by atoms with Crippen molar-refractivity contribution < 1.29 is 4.79 Å². The maximum absolute atomic E-state index is 12.9. The molecule has 0 N–H and O–H groups in total. The molecule has 2 saturated heterocycles. The van der Waals surface area contributed by atoms with Crippen molar-refractivity contribution in [1.82, 2.24) is 14.7 Å². The number of aryl methyl sites for hydroxylation is 1. The lowest BCUT2D eigenvalue weighted by Crippen LogP contribution is -2.54. The van der Waals surface area contributed by atoms with Crippen molar-refractivity contribution in [2.24, 2.45) is 0 Å². The summed E-state index contributed by atoms with van der Waals surface area (Å²) in [7, 11) is 0. The fourth-order valence-corrected chi connectivity index (χ4v) is 4.66. The number of para-hydroxylation sites is 1. The third kappa shape index (κ3) is 4.85. The van der Waals surface area contributed by atoms with Gasteiger partial charge in [-0.3, -0.25) is 14.6 Å². The summed E-state index contributed by atoms with van der Waals surface area (Å²) < 4.78 is 0. The molecular formula is C25H34N4O. The minimum Gasteiger partial charge on any atom is -0.369 e. The van der Waals surface area contributed by atoms with Crippen molar-refractivity contribution in [3.8, 4) is 0 Å². The van der Waals surface area contributed by atoms with Gasteiger partial charge in [-0.05, 0) is 31.0 Å². The third-order valence-corrected chi connectivity index (χ3v) is 6.68. The Morgan fingerprint density at radius 2 is 1.47 bits per heavy atom. The van der Waals surface area contributed by atoms with E-state index in [-0.39, 0.29) is 5.91 Å². The van der Waals surface area contributed by atoms with Crippen LogP contribution in [0.2, 0.25) is 0 Å². The van der Waals surface area contributed by atoms with Crippen LogP contribution in [-0.2, 0) is 4.79 Å². The topological polar surface area (TPSA) is 30.0 Å². The van der Waals surface area contributed by atoms with E-state index in [9.17, 15) is 4.79 Å². The Balaban J connectivity index is 1.22. The van der Waals surface area contributed by atoms with Crippen molar-refractivity contribution >= 4 is 11.6 Å². The van der Waals surface area contributed by atoms with E-state index in [1.54, 1.807) is 0 Å². The molecule has 2 aliphatic heterocycles. The summed E-state index contributed by atoms with van der Waals surface area (Å²) in [6.07, 6.45) is 0. The molecule has 2 aromatic carbocycles. The number of benzene rings is 2. The molecule has 5 nitrogen and oxygen atoms in total. The van der Waals surface area contributed by atoms with Crippen LogP contribution in [0.4, 0.5) is 5.69 Å². The Kier molecular flexibility index (Phi) is 6.70. The van der Waals surface area contributed by atoms with Crippen molar-refractivity contribution in [2.75, 3.05) is 63.8 Å². The maximum atomic E-state index is 12.9. The Hall–Kier alpha value is -2.37. The van der Waals surface area contributed by atoms with Crippen molar-refractivity contribution in [3.05, 3.63) is 65.7 Å². The highest BCUT2D eigenvalue weighted by molar-refractivity contribution is 5.78. The van der Waals surface area contributed by atoms with Crippen LogP contribution >= 0.6 is 0 Å². The molecule has 0 unspecified atom stereocenters. The molecule has 0 spiro atoms. The van der Waals surface area contributed by atoms with Crippen molar-refractivity contribution in [1.29, 1.82) is 0 Å². The number of amides is 1. The number of hydrogen-bond acceptors (Lipinski definition) is 4. The minimum atomic E-state index is 0.284. The van der Waals surface area contributed by atoms with Gasteiger partial charge in [-0.2, -0.15) is 0 Å². The maximum Gasteiger partial charge on any atom is 0.236 e. The number of hydrogen-bond donors (Lipinski definition) is 0. The average molecular weight is 407 g/mol. The van der Waals surface area contributed by atoms with Gasteiger partial charge in [0, 0.05) is 64.1 Å². The first-order valence-electron chi connectivity index (χ1n) is 11.2. The van der Waals surface area contributed by atoms with E-state index in [0.29, 0.717) is 12.6 Å². The SMILES string of the molecule is Cc1ccccc1N1CCN(CC(=O)N2CCN([C@H](C)c3ccccc3)CC2)CC1. The second kappa shape index (κ2) is 9.63. The summed E-state index contributed by atoms with van der Waals surface area (Å²) in [6.45, 7) is 12.4. The molecule has 2 fully saturated rings. The molecule has 160 valence electrons. The van der Waals surface area contributed by atoms with E-state index < -0.39 is 0 Å². The fraction of sp³-hybridized carbons (Fsp3) is 0.480. The summed E-state index contributed by atoms with van der Waals surface area (Å²) in [6, 6.07) is 19.6. The van der Waals surface area contributed by atoms with Crippen LogP contribution < -0.4 is 4.90 Å². The Labute approximate surface area is 180 Å². The molecule has 2 heterocycles. The number of anilines is 1. The smallest absolute Gasteiger partial charge is 0.236 e. The molecule has 1 atom stereocenters. The monoisotopic (exact) mass is 406 g/mol. The quantitative estimate of drug-likeness (QED) is 0.764. The van der Waals surface area contributed by atoms with Crippen LogP contribution in [0, 0.1) is 6.92 Å². The first-order valence-corrected chi connectivity index (χ1v) is 11.2. The predicted octanol–water partition coefficient (Wildman–Crippen LogP) is 3.02. The summed E-state index contributed by atoms with van der Waals surface area (Å²) in [5.41, 5.74) is 4.00. The van der Waals surface area contributed by atoms with Crippen LogP contribution in [-0.4, -0.2) is 79.5 Å². The summed E-state index contributed by atoms with van der Waals surface area (Å²) in [4.78, 5) is 22.2. The molecule has 0 radical (unpaired) electrons. The molecule has 5 heteroatoms. The van der Waals surface area contributed by atoms with Gasteiger partial charge >= 0.3 is 0 Å². The zero-order valence-electron chi connectivity index (χ0n) is 18.3. The Bertz CT molecular complexity index is 824. The molecule has 1 amide bonds. The summed E-state index contributed by atoms with van der Waals surface area (Å²) in [5, 5.41) is 0. The Morgan fingerprint density at radius 1 is 0.833 bits per heavy atom. The molecule has 2 aliphatic rings. The van der Waals surface area contributed by atoms with Gasteiger partial charge in [0.25, 0.3) is 0 Å². The molecule has 0 saturated carbocycles. The second-order valence-electron chi connectivity index (χ2n) is 8.55. The van der Waals surface area contributed by atoms with Gasteiger partial charge in [-0.25, -0.2) is 0 Å². The van der Waals surface area contributed by atoms with E-state index in [1.807, 2.05) is 0 Å². The highest BCUT2D eigenvalue weighted by Crippen LogP contribution is 2.22. The number of nitrogens with zero attached hydrogens (tertiary/aromatic N) is 4. The molecule has 4 rings (SSSR count). The zero-order valence-corrected chi connectivity index (χ0v) is 18.3. The zero-order chi connectivity index (χ0) is 20.9. The van der Waals surface area contributed by atoms with Gasteiger partial charge in [0.2, 0.25) is 5.91 Å². The largest absolute Gasteiger partial charge is 0.369 e. The number of carbonyl (C=O) groups is 1. The molecule has 30 heavy (non-hydrogen) atoms. The van der Waals surface area contributed by atoms with E-state index in [4.69, 9.17) is 0 Å². The standard InChI is InChI=1S/C25H34N4O/c1-21-8-6-7-11-24(21)28-14-12-26(13-15-28)20-25(30)29-18-16-27(17-19-29)22(2)23-9-4-3-5-10-23/h3-11,22H,12-20H2,1-2H3/t22-/m1/s1. The van der Waals surface area contributed by atoms with E-state index >= 15 is 0 Å². The highest BCUT2D eigenvalue weighted by atomic mass is 16.2. The van der Waals surface area contributed by atoms with Crippen LogP contribution in [0.5, 0.6) is 0 Å². The lowest BCUT2D eigenvalue weighted by Gasteiger charge is -2.40. The number of carbonyl (C=O) groups excluding carboxylic acids is 1. The average Bonchev–Trinajstić information content (AvgIpc) is 2.80. The van der Waals surface area contributed by atoms with Gasteiger partial charge in [0.05, 0.1) is 6.54 Å². The molecule has 2 aromatic rings. The lowest BCUT2D eigenvalue weighted by atomic mass is 10.1. The van der Waals surface area contributed by atoms with Crippen LogP contribution in [0.3, 0.4) is 0 Å². The van der Waals surface area contributed by atoms with E-state index in [1.165, 1.54) is 16.8 Å². The minimum absolute atomic E-state index is 0.284. The lowest BCUT2D eigenvalue weighted by molar-refractivity contribution is -0.134. The molecule has 0 aromatic heterocycles. The van der Waals surface area contributed by atoms with Gasteiger partial charge in [0.1, 0.15) is 0 Å². The summed E-state index contributed by atoms with van der Waals surface area (Å²) in [5.74, 6) is 0.284. The van der Waals surface area contributed by atoms with E-state index in [0.717, 1.165) is 52.4 Å². The molecule has 0 bridgehead atoms.